The third-order valence-corrected chi connectivity index (χ3v) is 6.24. The number of nitrogens with zero attached hydrogens (tertiary/aromatic N) is 3. The van der Waals surface area contributed by atoms with Crippen LogP contribution in [-0.4, -0.2) is 86.2 Å². The van der Waals surface area contributed by atoms with Gasteiger partial charge in [-0.2, -0.15) is 4.98 Å². The number of carboxylic acids is 1. The quantitative estimate of drug-likeness (QED) is 0.0719. The summed E-state index contributed by atoms with van der Waals surface area (Å²) in [4.78, 5) is 54.9. The average molecular weight is 566 g/mol. The number of aliphatic hydroxyl groups is 1. The zero-order valence-electron chi connectivity index (χ0n) is 22.7. The van der Waals surface area contributed by atoms with Crippen LogP contribution < -0.4 is 33.5 Å². The highest BCUT2D eigenvalue weighted by atomic mass is 16.5. The molecule has 0 fully saturated rings. The van der Waals surface area contributed by atoms with E-state index < -0.39 is 60.5 Å². The summed E-state index contributed by atoms with van der Waals surface area (Å²) in [6.07, 6.45) is 1.69. The normalized spacial score (nSPS) is 20.0. The molecule has 1 aromatic rings. The molecule has 40 heavy (non-hydrogen) atoms. The van der Waals surface area contributed by atoms with Gasteiger partial charge in [0.2, 0.25) is 11.8 Å². The smallest absolute Gasteiger partial charge is 0.351 e. The number of carboxylic acid groups (broad SMARTS) is 1. The standard InChI is InChI=1S/C24H39N9O7/c1-12(2)8-15(25)21(36)29-14(6-7-32(3)23(27)28)9-17(35)30-16-4-5-18(40-19(16)22(37)38)33-10-13(11-34)20(26)31-24(33)39/h4-5,10,12,14-16,18-19,34H,6-9,11,25H2,1-3H3,(H3,27,28)(H,29,36)(H,30,35)(H,37,38)(H2,26,31,39)/t14-,15+,16-,18-,19-/m1/s1. The highest BCUT2D eigenvalue weighted by Gasteiger charge is 2.35. The number of guanidine groups is 1. The van der Waals surface area contributed by atoms with Gasteiger partial charge in [0, 0.05) is 37.8 Å². The minimum Gasteiger partial charge on any atom is -0.479 e. The summed E-state index contributed by atoms with van der Waals surface area (Å²) in [5, 5.41) is 32.0. The molecule has 222 valence electrons. The lowest BCUT2D eigenvalue weighted by molar-refractivity contribution is -0.159. The van der Waals surface area contributed by atoms with Crippen LogP contribution in [0.25, 0.3) is 0 Å². The molecule has 2 heterocycles. The molecule has 5 atom stereocenters. The predicted octanol–water partition coefficient (Wildman–Crippen LogP) is -2.20. The first-order valence-electron chi connectivity index (χ1n) is 12.7. The zero-order chi connectivity index (χ0) is 30.1. The molecule has 0 spiro atoms. The van der Waals surface area contributed by atoms with Crippen LogP contribution in [0.1, 0.15) is 44.9 Å². The second kappa shape index (κ2) is 14.4. The number of nitrogen functional groups attached to an aromatic ring is 1. The molecule has 16 heteroatoms. The number of rotatable bonds is 13. The second-order valence-electron chi connectivity index (χ2n) is 10.0. The van der Waals surface area contributed by atoms with Crippen LogP contribution in [0.5, 0.6) is 0 Å². The van der Waals surface area contributed by atoms with Crippen molar-refractivity contribution in [2.75, 3.05) is 19.3 Å². The molecule has 1 aliphatic rings. The highest BCUT2D eigenvalue weighted by Crippen LogP contribution is 2.22. The Morgan fingerprint density at radius 2 is 1.98 bits per heavy atom. The Hall–Kier alpha value is -4.02. The van der Waals surface area contributed by atoms with Crippen LogP contribution in [0.3, 0.4) is 0 Å². The molecular weight excluding hydrogens is 526 g/mol. The fourth-order valence-electron chi connectivity index (χ4n) is 4.00. The van der Waals surface area contributed by atoms with Crippen LogP contribution >= 0.6 is 0 Å². The molecule has 0 unspecified atom stereocenters. The molecule has 2 rings (SSSR count). The molecule has 1 aromatic heterocycles. The fourth-order valence-corrected chi connectivity index (χ4v) is 4.00. The van der Waals surface area contributed by atoms with Crippen molar-refractivity contribution in [3.63, 3.8) is 0 Å². The van der Waals surface area contributed by atoms with Gasteiger partial charge in [-0.25, -0.2) is 9.59 Å². The largest absolute Gasteiger partial charge is 0.479 e. The van der Waals surface area contributed by atoms with E-state index in [1.165, 1.54) is 23.2 Å². The third kappa shape index (κ3) is 9.03. The lowest BCUT2D eigenvalue weighted by Crippen LogP contribution is -2.52. The Bertz CT molecular complexity index is 1170. The van der Waals surface area contributed by atoms with Gasteiger partial charge >= 0.3 is 11.7 Å². The Kier molecular flexibility index (Phi) is 11.6. The molecule has 0 saturated heterocycles. The highest BCUT2D eigenvalue weighted by molar-refractivity contribution is 5.84. The number of aliphatic carboxylic acids is 1. The summed E-state index contributed by atoms with van der Waals surface area (Å²) >= 11 is 0. The van der Waals surface area contributed by atoms with Gasteiger partial charge in [-0.3, -0.25) is 19.6 Å². The summed E-state index contributed by atoms with van der Waals surface area (Å²) in [7, 11) is 1.59. The topological polar surface area (TPSA) is 265 Å². The number of carbonyl (C=O) groups excluding carboxylic acids is 2. The molecule has 0 bridgehead atoms. The third-order valence-electron chi connectivity index (χ3n) is 6.24. The maximum absolute atomic E-state index is 13.0. The minimum absolute atomic E-state index is 0.149. The van der Waals surface area contributed by atoms with Gasteiger partial charge in [-0.1, -0.05) is 19.9 Å². The van der Waals surface area contributed by atoms with Crippen molar-refractivity contribution in [3.05, 3.63) is 34.4 Å². The maximum atomic E-state index is 13.0. The van der Waals surface area contributed by atoms with Crippen LogP contribution in [0.2, 0.25) is 0 Å². The van der Waals surface area contributed by atoms with Crippen molar-refractivity contribution < 1.29 is 29.3 Å². The minimum atomic E-state index is -1.57. The summed E-state index contributed by atoms with van der Waals surface area (Å²) in [6.45, 7) is 3.61. The number of carbonyl (C=O) groups is 3. The molecule has 16 nitrogen and oxygen atoms in total. The number of hydrogen-bond acceptors (Lipinski definition) is 10. The number of hydrogen-bond donors (Lipinski definition) is 8. The number of nitrogens with one attached hydrogen (secondary N) is 3. The van der Waals surface area contributed by atoms with Crippen LogP contribution in [-0.2, 0) is 25.7 Å². The molecule has 0 saturated carbocycles. The zero-order valence-corrected chi connectivity index (χ0v) is 22.7. The molecule has 1 aliphatic heterocycles. The van der Waals surface area contributed by atoms with Gasteiger partial charge in [0.25, 0.3) is 0 Å². The SMILES string of the molecule is CC(C)C[C@H](N)C(=O)N[C@H](CCN(C)C(=N)N)CC(=O)N[C@@H]1C=C[C@H](n2cc(CO)c(N)nc2=O)O[C@H]1C(=O)O. The molecule has 0 aliphatic carbocycles. The van der Waals surface area contributed by atoms with E-state index in [0.717, 1.165) is 4.57 Å². The van der Waals surface area contributed by atoms with E-state index >= 15 is 0 Å². The van der Waals surface area contributed by atoms with Crippen LogP contribution in [0.4, 0.5) is 5.82 Å². The summed E-state index contributed by atoms with van der Waals surface area (Å²) < 4.78 is 6.56. The molecule has 2 amide bonds. The maximum Gasteiger partial charge on any atom is 0.351 e. The molecule has 0 radical (unpaired) electrons. The first-order valence-corrected chi connectivity index (χ1v) is 12.7. The fraction of sp³-hybridized carbons (Fsp3) is 0.583. The second-order valence-corrected chi connectivity index (χ2v) is 10.0. The lowest BCUT2D eigenvalue weighted by Gasteiger charge is -2.31. The van der Waals surface area contributed by atoms with E-state index in [9.17, 15) is 29.4 Å². The Labute approximate surface area is 231 Å². The summed E-state index contributed by atoms with van der Waals surface area (Å²) in [6, 6.07) is -2.57. The first-order chi connectivity index (χ1) is 18.7. The number of ether oxygens (including phenoxy) is 1. The van der Waals surface area contributed by atoms with Gasteiger partial charge in [0.05, 0.1) is 18.7 Å². The summed E-state index contributed by atoms with van der Waals surface area (Å²) in [5.41, 5.74) is 16.4. The van der Waals surface area contributed by atoms with Crippen molar-refractivity contribution in [1.82, 2.24) is 25.1 Å². The van der Waals surface area contributed by atoms with E-state index in [4.69, 9.17) is 27.3 Å². The van der Waals surface area contributed by atoms with Crippen molar-refractivity contribution in [2.24, 2.45) is 17.4 Å². The van der Waals surface area contributed by atoms with Crippen molar-refractivity contribution in [1.29, 1.82) is 5.41 Å². The van der Waals surface area contributed by atoms with E-state index in [2.05, 4.69) is 15.6 Å². The van der Waals surface area contributed by atoms with Gasteiger partial charge < -0.3 is 47.7 Å². The van der Waals surface area contributed by atoms with Gasteiger partial charge in [0.1, 0.15) is 5.82 Å². The number of aliphatic hydroxyl groups excluding tert-OH is 1. The van der Waals surface area contributed by atoms with E-state index in [1.807, 2.05) is 13.8 Å². The Morgan fingerprint density at radius 1 is 1.30 bits per heavy atom. The van der Waals surface area contributed by atoms with E-state index in [0.29, 0.717) is 6.42 Å². The van der Waals surface area contributed by atoms with Crippen molar-refractivity contribution in [3.8, 4) is 0 Å². The monoisotopic (exact) mass is 565 g/mol. The molecule has 11 N–H and O–H groups in total. The number of anilines is 1. The molecule has 0 aromatic carbocycles. The van der Waals surface area contributed by atoms with Gasteiger partial charge in [0.15, 0.2) is 18.3 Å². The Morgan fingerprint density at radius 3 is 2.55 bits per heavy atom. The number of amides is 2. The van der Waals surface area contributed by atoms with Gasteiger partial charge in [-0.05, 0) is 24.8 Å². The van der Waals surface area contributed by atoms with E-state index in [-0.39, 0.29) is 42.6 Å². The van der Waals surface area contributed by atoms with Crippen LogP contribution in [0, 0.1) is 11.3 Å². The first kappa shape index (κ1) is 32.2. The van der Waals surface area contributed by atoms with E-state index in [1.54, 1.807) is 7.05 Å². The average Bonchev–Trinajstić information content (AvgIpc) is 2.86. The molecular formula is C24H39N9O7. The predicted molar refractivity (Wildman–Crippen MR) is 145 cm³/mol. The summed E-state index contributed by atoms with van der Waals surface area (Å²) in [5.74, 6) is -2.58. The Balaban J connectivity index is 2.17. The van der Waals surface area contributed by atoms with Crippen molar-refractivity contribution >= 4 is 29.6 Å². The van der Waals surface area contributed by atoms with Gasteiger partial charge in [-0.15, -0.1) is 0 Å². The lowest BCUT2D eigenvalue weighted by atomic mass is 10.0. The van der Waals surface area contributed by atoms with Crippen molar-refractivity contribution in [2.45, 2.75) is 70.2 Å². The van der Waals surface area contributed by atoms with Crippen LogP contribution in [0.15, 0.2) is 23.1 Å². The number of aromatic nitrogens is 2. The number of nitrogens with two attached hydrogens (primary N) is 3.